The Bertz CT molecular complexity index is 284. The van der Waals surface area contributed by atoms with E-state index in [9.17, 15) is 0 Å². The summed E-state index contributed by atoms with van der Waals surface area (Å²) in [6.07, 6.45) is 9.13. The number of rotatable bonds is 8. The van der Waals surface area contributed by atoms with Crippen LogP contribution in [0.5, 0.6) is 0 Å². The van der Waals surface area contributed by atoms with Gasteiger partial charge in [-0.25, -0.2) is 0 Å². The summed E-state index contributed by atoms with van der Waals surface area (Å²) in [5.74, 6) is 0. The lowest BCUT2D eigenvalue weighted by Crippen LogP contribution is -2.00. The number of nitrogens with zero attached hydrogens (tertiary/aromatic N) is 3. The van der Waals surface area contributed by atoms with Gasteiger partial charge in [0.15, 0.2) is 0 Å². The highest BCUT2D eigenvalue weighted by Crippen LogP contribution is 2.07. The van der Waals surface area contributed by atoms with Gasteiger partial charge in [-0.15, -0.1) is 5.10 Å². The van der Waals surface area contributed by atoms with Gasteiger partial charge in [0.25, 0.3) is 0 Å². The Balaban J connectivity index is 2.19. The van der Waals surface area contributed by atoms with Crippen LogP contribution in [0.2, 0.25) is 0 Å². The van der Waals surface area contributed by atoms with Gasteiger partial charge in [-0.1, -0.05) is 31.9 Å². The summed E-state index contributed by atoms with van der Waals surface area (Å²) >= 11 is 4.37. The summed E-state index contributed by atoms with van der Waals surface area (Å²) in [4.78, 5) is 0. The molecule has 92 valence electrons. The molecule has 0 spiro atoms. The van der Waals surface area contributed by atoms with E-state index in [2.05, 4.69) is 43.0 Å². The van der Waals surface area contributed by atoms with Crippen molar-refractivity contribution >= 4 is 12.6 Å². The number of thiol groups is 1. The summed E-state index contributed by atoms with van der Waals surface area (Å²) in [6.45, 7) is 5.32. The third kappa shape index (κ3) is 5.54. The summed E-state index contributed by atoms with van der Waals surface area (Å²) in [5.41, 5.74) is 1.13. The molecule has 0 aliphatic rings. The summed E-state index contributed by atoms with van der Waals surface area (Å²) in [7, 11) is 0. The first-order valence-electron chi connectivity index (χ1n) is 6.29. The molecule has 0 radical (unpaired) electrons. The molecule has 0 bridgehead atoms. The van der Waals surface area contributed by atoms with Gasteiger partial charge in [0, 0.05) is 12.7 Å². The van der Waals surface area contributed by atoms with Crippen LogP contribution >= 0.6 is 12.6 Å². The molecule has 1 unspecified atom stereocenters. The van der Waals surface area contributed by atoms with Crippen molar-refractivity contribution in [1.82, 2.24) is 15.0 Å². The van der Waals surface area contributed by atoms with E-state index in [4.69, 9.17) is 0 Å². The highest BCUT2D eigenvalue weighted by molar-refractivity contribution is 7.80. The van der Waals surface area contributed by atoms with Crippen LogP contribution in [0.1, 0.15) is 51.6 Å². The van der Waals surface area contributed by atoms with E-state index in [1.807, 2.05) is 4.68 Å². The Kier molecular flexibility index (Phi) is 6.53. The highest BCUT2D eigenvalue weighted by atomic mass is 32.1. The lowest BCUT2D eigenvalue weighted by Gasteiger charge is -2.03. The zero-order valence-corrected chi connectivity index (χ0v) is 11.3. The number of aromatic nitrogens is 3. The standard InChI is InChI=1S/C12H23N3S/c1-3-4-8-12-10-15(14-13-12)9-6-5-7-11(2)16/h10-11,16H,3-9H2,1-2H3. The number of aryl methyl sites for hydroxylation is 2. The average Bonchev–Trinajstić information content (AvgIpc) is 2.69. The number of hydrogen-bond donors (Lipinski definition) is 1. The number of hydrogen-bond acceptors (Lipinski definition) is 3. The van der Waals surface area contributed by atoms with Gasteiger partial charge in [0.1, 0.15) is 0 Å². The molecular weight excluding hydrogens is 218 g/mol. The van der Waals surface area contributed by atoms with Crippen molar-refractivity contribution in [2.24, 2.45) is 0 Å². The molecule has 16 heavy (non-hydrogen) atoms. The quantitative estimate of drug-likeness (QED) is 0.560. The zero-order chi connectivity index (χ0) is 11.8. The first-order chi connectivity index (χ1) is 7.72. The van der Waals surface area contributed by atoms with E-state index in [1.54, 1.807) is 0 Å². The van der Waals surface area contributed by atoms with E-state index in [0.717, 1.165) is 18.7 Å². The molecule has 0 N–H and O–H groups in total. The Morgan fingerprint density at radius 3 is 2.88 bits per heavy atom. The van der Waals surface area contributed by atoms with Crippen LogP contribution < -0.4 is 0 Å². The van der Waals surface area contributed by atoms with Gasteiger partial charge >= 0.3 is 0 Å². The first-order valence-corrected chi connectivity index (χ1v) is 6.81. The molecule has 1 heterocycles. The van der Waals surface area contributed by atoms with Crippen LogP contribution in [0.15, 0.2) is 6.20 Å². The van der Waals surface area contributed by atoms with Crippen LogP contribution in [0.25, 0.3) is 0 Å². The molecule has 1 rings (SSSR count). The molecule has 4 heteroatoms. The van der Waals surface area contributed by atoms with Crippen molar-refractivity contribution < 1.29 is 0 Å². The zero-order valence-electron chi connectivity index (χ0n) is 10.4. The molecule has 1 aromatic rings. The van der Waals surface area contributed by atoms with E-state index in [-0.39, 0.29) is 0 Å². The molecule has 0 saturated heterocycles. The van der Waals surface area contributed by atoms with Crippen molar-refractivity contribution in [2.45, 2.75) is 64.2 Å². The Hall–Kier alpha value is -0.510. The summed E-state index contributed by atoms with van der Waals surface area (Å²) < 4.78 is 1.97. The third-order valence-electron chi connectivity index (χ3n) is 2.63. The molecule has 0 saturated carbocycles. The second-order valence-corrected chi connectivity index (χ2v) is 5.30. The van der Waals surface area contributed by atoms with Gasteiger partial charge in [-0.3, -0.25) is 4.68 Å². The summed E-state index contributed by atoms with van der Waals surface area (Å²) in [6, 6.07) is 0. The van der Waals surface area contributed by atoms with Crippen LogP contribution in [-0.2, 0) is 13.0 Å². The van der Waals surface area contributed by atoms with E-state index < -0.39 is 0 Å². The van der Waals surface area contributed by atoms with Gasteiger partial charge in [-0.2, -0.15) is 12.6 Å². The van der Waals surface area contributed by atoms with Crippen LogP contribution in [0.4, 0.5) is 0 Å². The third-order valence-corrected chi connectivity index (χ3v) is 2.89. The minimum atomic E-state index is 0.510. The monoisotopic (exact) mass is 241 g/mol. The maximum absolute atomic E-state index is 4.37. The second-order valence-electron chi connectivity index (χ2n) is 4.42. The van der Waals surface area contributed by atoms with E-state index in [1.165, 1.54) is 32.1 Å². The Morgan fingerprint density at radius 1 is 1.38 bits per heavy atom. The van der Waals surface area contributed by atoms with Crippen molar-refractivity contribution in [3.8, 4) is 0 Å². The predicted molar refractivity (Wildman–Crippen MR) is 70.9 cm³/mol. The maximum atomic E-state index is 4.37. The lowest BCUT2D eigenvalue weighted by atomic mass is 10.2. The SMILES string of the molecule is CCCCc1cn(CCCCC(C)S)nn1. The molecule has 0 aromatic carbocycles. The first kappa shape index (κ1) is 13.6. The van der Waals surface area contributed by atoms with Crippen molar-refractivity contribution in [2.75, 3.05) is 0 Å². The van der Waals surface area contributed by atoms with Gasteiger partial charge in [0.05, 0.1) is 5.69 Å². The van der Waals surface area contributed by atoms with Crippen molar-refractivity contribution in [3.05, 3.63) is 11.9 Å². The minimum Gasteiger partial charge on any atom is -0.252 e. The topological polar surface area (TPSA) is 30.7 Å². The largest absolute Gasteiger partial charge is 0.252 e. The second kappa shape index (κ2) is 7.71. The highest BCUT2D eigenvalue weighted by Gasteiger charge is 2.00. The smallest absolute Gasteiger partial charge is 0.0827 e. The Labute approximate surface area is 104 Å². The van der Waals surface area contributed by atoms with Gasteiger partial charge in [0.2, 0.25) is 0 Å². The predicted octanol–water partition coefficient (Wildman–Crippen LogP) is 3.11. The van der Waals surface area contributed by atoms with Crippen LogP contribution in [0.3, 0.4) is 0 Å². The molecule has 1 aromatic heterocycles. The van der Waals surface area contributed by atoms with Crippen LogP contribution in [0, 0.1) is 0 Å². The normalized spacial score (nSPS) is 12.9. The minimum absolute atomic E-state index is 0.510. The Morgan fingerprint density at radius 2 is 2.19 bits per heavy atom. The fourth-order valence-corrected chi connectivity index (χ4v) is 1.82. The molecule has 1 atom stereocenters. The summed E-state index contributed by atoms with van der Waals surface area (Å²) in [5, 5.41) is 8.81. The van der Waals surface area contributed by atoms with E-state index in [0.29, 0.717) is 5.25 Å². The average molecular weight is 241 g/mol. The van der Waals surface area contributed by atoms with Gasteiger partial charge < -0.3 is 0 Å². The molecular formula is C12H23N3S. The fourth-order valence-electron chi connectivity index (χ4n) is 1.63. The van der Waals surface area contributed by atoms with Crippen molar-refractivity contribution in [1.29, 1.82) is 0 Å². The molecule has 0 amide bonds. The molecule has 0 fully saturated rings. The van der Waals surface area contributed by atoms with Crippen molar-refractivity contribution in [3.63, 3.8) is 0 Å². The van der Waals surface area contributed by atoms with Gasteiger partial charge in [-0.05, 0) is 30.9 Å². The van der Waals surface area contributed by atoms with E-state index >= 15 is 0 Å². The number of unbranched alkanes of at least 4 members (excludes halogenated alkanes) is 2. The fraction of sp³-hybridized carbons (Fsp3) is 0.833. The van der Waals surface area contributed by atoms with Crippen LogP contribution in [-0.4, -0.2) is 20.2 Å². The maximum Gasteiger partial charge on any atom is 0.0827 e. The molecule has 0 aliphatic carbocycles. The molecule has 0 aliphatic heterocycles. The molecule has 3 nitrogen and oxygen atoms in total. The lowest BCUT2D eigenvalue weighted by molar-refractivity contribution is 0.530.